The van der Waals surface area contributed by atoms with Crippen molar-refractivity contribution in [3.63, 3.8) is 0 Å². The predicted octanol–water partition coefficient (Wildman–Crippen LogP) is 2.97. The lowest BCUT2D eigenvalue weighted by molar-refractivity contribution is -0.122. The monoisotopic (exact) mass is 431 g/mol. The Morgan fingerprint density at radius 1 is 1.00 bits per heavy atom. The van der Waals surface area contributed by atoms with E-state index in [0.29, 0.717) is 17.7 Å². The van der Waals surface area contributed by atoms with Crippen LogP contribution in [0.25, 0.3) is 0 Å². The van der Waals surface area contributed by atoms with Crippen LogP contribution in [-0.4, -0.2) is 39.4 Å². The van der Waals surface area contributed by atoms with E-state index >= 15 is 0 Å². The van der Waals surface area contributed by atoms with E-state index in [1.54, 1.807) is 20.8 Å². The van der Waals surface area contributed by atoms with Gasteiger partial charge in [0, 0.05) is 13.1 Å². The Balaban J connectivity index is 2.14. The van der Waals surface area contributed by atoms with Crippen LogP contribution in [0, 0.1) is 27.7 Å². The highest BCUT2D eigenvalue weighted by Crippen LogP contribution is 2.26. The first-order valence-electron chi connectivity index (χ1n) is 10.0. The zero-order valence-corrected chi connectivity index (χ0v) is 19.8. The summed E-state index contributed by atoms with van der Waals surface area (Å²) in [5.41, 5.74) is 5.36. The molecular weight excluding hydrogens is 398 g/mol. The lowest BCUT2D eigenvalue weighted by Crippen LogP contribution is -2.44. The van der Waals surface area contributed by atoms with Crippen molar-refractivity contribution in [3.8, 4) is 0 Å². The number of benzene rings is 2. The molecule has 1 amide bonds. The van der Waals surface area contributed by atoms with Gasteiger partial charge in [0.1, 0.15) is 0 Å². The Morgan fingerprint density at radius 3 is 2.07 bits per heavy atom. The molecule has 2 aromatic carbocycles. The van der Waals surface area contributed by atoms with Crippen LogP contribution in [0.1, 0.15) is 40.3 Å². The van der Waals surface area contributed by atoms with Crippen molar-refractivity contribution in [2.45, 2.75) is 58.6 Å². The van der Waals surface area contributed by atoms with Gasteiger partial charge in [-0.3, -0.25) is 4.79 Å². The zero-order valence-electron chi connectivity index (χ0n) is 19.0. The van der Waals surface area contributed by atoms with E-state index in [9.17, 15) is 13.2 Å². The number of amides is 1. The normalized spacial score (nSPS) is 12.8. The summed E-state index contributed by atoms with van der Waals surface area (Å²) in [6, 6.07) is 8.98. The molecule has 2 rings (SSSR count). The number of rotatable bonds is 8. The molecule has 0 fully saturated rings. The van der Waals surface area contributed by atoms with Gasteiger partial charge in [0.05, 0.1) is 10.9 Å². The minimum absolute atomic E-state index is 0.260. The number of carbonyl (C=O) groups excluding carboxylic acids is 1. The Morgan fingerprint density at radius 2 is 1.53 bits per heavy atom. The summed E-state index contributed by atoms with van der Waals surface area (Å²) in [6.07, 6.45) is 0. The summed E-state index contributed by atoms with van der Waals surface area (Å²) in [4.78, 5) is 14.9. The molecule has 164 valence electrons. The van der Waals surface area contributed by atoms with Crippen LogP contribution >= 0.6 is 0 Å². The van der Waals surface area contributed by atoms with Crippen molar-refractivity contribution < 1.29 is 13.2 Å². The van der Waals surface area contributed by atoms with Gasteiger partial charge in [-0.25, -0.2) is 8.42 Å². The highest BCUT2D eigenvalue weighted by atomic mass is 32.2. The lowest BCUT2D eigenvalue weighted by atomic mass is 10.0. The minimum atomic E-state index is -3.84. The van der Waals surface area contributed by atoms with Crippen molar-refractivity contribution in [1.82, 2.24) is 14.9 Å². The maximum Gasteiger partial charge on any atom is 0.241 e. The Kier molecular flexibility index (Phi) is 7.80. The fourth-order valence-electron chi connectivity index (χ4n) is 3.49. The van der Waals surface area contributed by atoms with E-state index in [1.807, 2.05) is 58.3 Å². The molecule has 7 heteroatoms. The molecule has 0 aliphatic carbocycles. The van der Waals surface area contributed by atoms with Gasteiger partial charge >= 0.3 is 0 Å². The molecule has 30 heavy (non-hydrogen) atoms. The molecule has 0 spiro atoms. The third-order valence-corrected chi connectivity index (χ3v) is 7.16. The second-order valence-corrected chi connectivity index (χ2v) is 9.81. The Bertz CT molecular complexity index is 1000. The van der Waals surface area contributed by atoms with Gasteiger partial charge in [-0.05, 0) is 82.1 Å². The number of hydrogen-bond donors (Lipinski definition) is 2. The van der Waals surface area contributed by atoms with Crippen LogP contribution in [0.2, 0.25) is 0 Å². The van der Waals surface area contributed by atoms with Crippen LogP contribution < -0.4 is 10.0 Å². The summed E-state index contributed by atoms with van der Waals surface area (Å²) in [7, 11) is 0.143. The molecule has 0 unspecified atom stereocenters. The van der Waals surface area contributed by atoms with Crippen molar-refractivity contribution in [3.05, 3.63) is 63.7 Å². The van der Waals surface area contributed by atoms with Crippen LogP contribution in [0.15, 0.2) is 35.2 Å². The molecule has 0 bridgehead atoms. The molecule has 0 saturated heterocycles. The van der Waals surface area contributed by atoms with Gasteiger partial charge in [0.2, 0.25) is 15.9 Å². The highest BCUT2D eigenvalue weighted by Gasteiger charge is 2.26. The van der Waals surface area contributed by atoms with Crippen LogP contribution in [0.4, 0.5) is 0 Å². The molecule has 0 aliphatic heterocycles. The largest absolute Gasteiger partial charge is 0.351 e. The lowest BCUT2D eigenvalue weighted by Gasteiger charge is -2.20. The first-order chi connectivity index (χ1) is 13.9. The molecule has 0 aliphatic rings. The van der Waals surface area contributed by atoms with Crippen LogP contribution in [0.3, 0.4) is 0 Å². The topological polar surface area (TPSA) is 78.5 Å². The predicted molar refractivity (Wildman–Crippen MR) is 121 cm³/mol. The van der Waals surface area contributed by atoms with Gasteiger partial charge in [-0.15, -0.1) is 0 Å². The third-order valence-electron chi connectivity index (χ3n) is 5.35. The quantitative estimate of drug-likeness (QED) is 0.674. The smallest absolute Gasteiger partial charge is 0.241 e. The molecular formula is C23H33N3O3S. The summed E-state index contributed by atoms with van der Waals surface area (Å²) in [5.74, 6) is -0.363. The maximum absolute atomic E-state index is 13.0. The third kappa shape index (κ3) is 5.68. The Hall–Kier alpha value is -2.22. The number of aryl methyl sites for hydroxylation is 2. The summed E-state index contributed by atoms with van der Waals surface area (Å²) in [6.45, 7) is 10.0. The average molecular weight is 432 g/mol. The number of sulfonamides is 1. The molecule has 6 nitrogen and oxygen atoms in total. The molecule has 0 saturated carbocycles. The average Bonchev–Trinajstić information content (AvgIpc) is 2.64. The fourth-order valence-corrected chi connectivity index (χ4v) is 5.31. The zero-order chi connectivity index (χ0) is 22.6. The second-order valence-electron chi connectivity index (χ2n) is 8.16. The number of nitrogens with zero attached hydrogens (tertiary/aromatic N) is 1. The summed E-state index contributed by atoms with van der Waals surface area (Å²) in [5, 5.41) is 2.85. The summed E-state index contributed by atoms with van der Waals surface area (Å²) >= 11 is 0. The molecule has 0 heterocycles. The maximum atomic E-state index is 13.0. The van der Waals surface area contributed by atoms with Gasteiger partial charge in [0.25, 0.3) is 0 Å². The van der Waals surface area contributed by atoms with Gasteiger partial charge in [0.15, 0.2) is 0 Å². The number of nitrogens with one attached hydrogen (secondary N) is 2. The van der Waals surface area contributed by atoms with Gasteiger partial charge in [-0.2, -0.15) is 4.72 Å². The van der Waals surface area contributed by atoms with E-state index in [1.165, 1.54) is 0 Å². The first kappa shape index (κ1) is 24.1. The van der Waals surface area contributed by atoms with Crippen molar-refractivity contribution in [2.24, 2.45) is 0 Å². The van der Waals surface area contributed by atoms with E-state index in [-0.39, 0.29) is 10.8 Å². The minimum Gasteiger partial charge on any atom is -0.351 e. The first-order valence-corrected chi connectivity index (χ1v) is 11.5. The van der Waals surface area contributed by atoms with Crippen molar-refractivity contribution in [1.29, 1.82) is 0 Å². The van der Waals surface area contributed by atoms with E-state index in [2.05, 4.69) is 14.9 Å². The van der Waals surface area contributed by atoms with E-state index in [0.717, 1.165) is 28.8 Å². The second kappa shape index (κ2) is 9.73. The van der Waals surface area contributed by atoms with Gasteiger partial charge < -0.3 is 10.2 Å². The van der Waals surface area contributed by atoms with E-state index in [4.69, 9.17) is 0 Å². The molecule has 2 aromatic rings. The number of carbonyl (C=O) groups is 1. The molecule has 0 radical (unpaired) electrons. The number of hydrogen-bond acceptors (Lipinski definition) is 4. The highest BCUT2D eigenvalue weighted by molar-refractivity contribution is 7.89. The fraction of sp³-hybridized carbons (Fsp3) is 0.435. The molecule has 2 N–H and O–H groups in total. The van der Waals surface area contributed by atoms with E-state index < -0.39 is 16.1 Å². The standard InChI is InChI=1S/C23H33N3O3S/c1-15-12-16(2)18(4)22(17(15)3)30(28,29)25-19(5)23(27)24-13-20-10-8-9-11-21(20)14-26(6)7/h8-12,19,25H,13-14H2,1-7H3,(H,24,27)/t19-/m0/s1. The van der Waals surface area contributed by atoms with Crippen molar-refractivity contribution in [2.75, 3.05) is 14.1 Å². The van der Waals surface area contributed by atoms with Crippen LogP contribution in [0.5, 0.6) is 0 Å². The molecule has 0 aromatic heterocycles. The molecule has 1 atom stereocenters. The van der Waals surface area contributed by atoms with Crippen LogP contribution in [-0.2, 0) is 27.9 Å². The van der Waals surface area contributed by atoms with Crippen molar-refractivity contribution >= 4 is 15.9 Å². The summed E-state index contributed by atoms with van der Waals surface area (Å²) < 4.78 is 28.6. The van der Waals surface area contributed by atoms with Gasteiger partial charge in [-0.1, -0.05) is 30.3 Å². The Labute approximate surface area is 180 Å². The SMILES string of the molecule is Cc1cc(C)c(C)c(S(=O)(=O)N[C@@H](C)C(=O)NCc2ccccc2CN(C)C)c1C.